The number of nitrogens with zero attached hydrogens (tertiary/aromatic N) is 2. The van der Waals surface area contributed by atoms with Crippen molar-refractivity contribution in [1.29, 1.82) is 0 Å². The number of pyridine rings is 1. The van der Waals surface area contributed by atoms with Crippen molar-refractivity contribution < 1.29 is 0 Å². The van der Waals surface area contributed by atoms with Gasteiger partial charge in [0.2, 0.25) is 0 Å². The van der Waals surface area contributed by atoms with E-state index >= 15 is 0 Å². The van der Waals surface area contributed by atoms with Gasteiger partial charge < -0.3 is 5.32 Å². The van der Waals surface area contributed by atoms with Gasteiger partial charge in [-0.25, -0.2) is 4.98 Å². The summed E-state index contributed by atoms with van der Waals surface area (Å²) in [5.74, 6) is 0. The standard InChI is InChI=1S/C12H15N3S/c1-10-15-12(9-16-10)8-14-7-4-11-2-5-13-6-3-11/h2-3,5-6,9,14H,4,7-8H2,1H3. The third-order valence-corrected chi connectivity index (χ3v) is 3.13. The number of thiazole rings is 1. The van der Waals surface area contributed by atoms with E-state index in [1.165, 1.54) is 5.56 Å². The van der Waals surface area contributed by atoms with Crippen LogP contribution >= 0.6 is 11.3 Å². The maximum absolute atomic E-state index is 4.40. The first-order valence-electron chi connectivity index (χ1n) is 5.35. The van der Waals surface area contributed by atoms with E-state index in [0.29, 0.717) is 0 Å². The van der Waals surface area contributed by atoms with Crippen LogP contribution in [-0.4, -0.2) is 16.5 Å². The van der Waals surface area contributed by atoms with E-state index in [4.69, 9.17) is 0 Å². The quantitative estimate of drug-likeness (QED) is 0.804. The Hall–Kier alpha value is -1.26. The van der Waals surface area contributed by atoms with Crippen LogP contribution in [-0.2, 0) is 13.0 Å². The van der Waals surface area contributed by atoms with Crippen molar-refractivity contribution in [3.8, 4) is 0 Å². The lowest BCUT2D eigenvalue weighted by molar-refractivity contribution is 0.676. The van der Waals surface area contributed by atoms with Crippen molar-refractivity contribution in [2.24, 2.45) is 0 Å². The second-order valence-corrected chi connectivity index (χ2v) is 4.70. The van der Waals surface area contributed by atoms with Gasteiger partial charge in [-0.3, -0.25) is 4.98 Å². The van der Waals surface area contributed by atoms with Crippen molar-refractivity contribution in [2.45, 2.75) is 19.9 Å². The molecule has 2 aromatic heterocycles. The maximum atomic E-state index is 4.40. The van der Waals surface area contributed by atoms with Crippen molar-refractivity contribution in [1.82, 2.24) is 15.3 Å². The molecule has 0 unspecified atom stereocenters. The molecule has 0 saturated carbocycles. The van der Waals surface area contributed by atoms with E-state index in [0.717, 1.165) is 30.2 Å². The molecule has 0 aliphatic rings. The Bertz CT molecular complexity index is 425. The molecule has 2 heterocycles. The zero-order chi connectivity index (χ0) is 11.2. The van der Waals surface area contributed by atoms with Crippen LogP contribution in [0.1, 0.15) is 16.3 Å². The summed E-state index contributed by atoms with van der Waals surface area (Å²) in [6, 6.07) is 4.10. The third kappa shape index (κ3) is 3.40. The van der Waals surface area contributed by atoms with Crippen LogP contribution in [0.25, 0.3) is 0 Å². The molecule has 0 amide bonds. The zero-order valence-electron chi connectivity index (χ0n) is 9.31. The molecule has 0 radical (unpaired) electrons. The molecule has 0 spiro atoms. The molecule has 16 heavy (non-hydrogen) atoms. The highest BCUT2D eigenvalue weighted by atomic mass is 32.1. The lowest BCUT2D eigenvalue weighted by Gasteiger charge is -2.02. The van der Waals surface area contributed by atoms with Gasteiger partial charge in [0.25, 0.3) is 0 Å². The molecular weight excluding hydrogens is 218 g/mol. The van der Waals surface area contributed by atoms with Crippen LogP contribution in [0.15, 0.2) is 29.9 Å². The number of hydrogen-bond donors (Lipinski definition) is 1. The predicted octanol–water partition coefficient (Wildman–Crippen LogP) is 2.18. The molecule has 0 saturated heterocycles. The van der Waals surface area contributed by atoms with Crippen LogP contribution in [0, 0.1) is 6.92 Å². The highest BCUT2D eigenvalue weighted by Gasteiger charge is 1.97. The lowest BCUT2D eigenvalue weighted by atomic mass is 10.2. The van der Waals surface area contributed by atoms with Gasteiger partial charge in [-0.1, -0.05) is 0 Å². The minimum Gasteiger partial charge on any atom is -0.311 e. The van der Waals surface area contributed by atoms with Crippen LogP contribution in [0.3, 0.4) is 0 Å². The van der Waals surface area contributed by atoms with Crippen molar-refractivity contribution in [3.05, 3.63) is 46.2 Å². The summed E-state index contributed by atoms with van der Waals surface area (Å²) in [5, 5.41) is 6.62. The number of rotatable bonds is 5. The van der Waals surface area contributed by atoms with Crippen LogP contribution in [0.5, 0.6) is 0 Å². The molecule has 0 aromatic carbocycles. The van der Waals surface area contributed by atoms with E-state index in [9.17, 15) is 0 Å². The lowest BCUT2D eigenvalue weighted by Crippen LogP contribution is -2.16. The Morgan fingerprint density at radius 3 is 2.81 bits per heavy atom. The van der Waals surface area contributed by atoms with Gasteiger partial charge in [-0.2, -0.15) is 0 Å². The van der Waals surface area contributed by atoms with Gasteiger partial charge in [0.05, 0.1) is 10.7 Å². The largest absolute Gasteiger partial charge is 0.311 e. The summed E-state index contributed by atoms with van der Waals surface area (Å²) >= 11 is 1.70. The Kier molecular flexibility index (Phi) is 4.02. The van der Waals surface area contributed by atoms with Crippen molar-refractivity contribution in [3.63, 3.8) is 0 Å². The van der Waals surface area contributed by atoms with E-state index in [1.54, 1.807) is 11.3 Å². The molecular formula is C12H15N3S. The number of aryl methyl sites for hydroxylation is 1. The Morgan fingerprint density at radius 2 is 2.12 bits per heavy atom. The molecule has 3 nitrogen and oxygen atoms in total. The van der Waals surface area contributed by atoms with E-state index in [-0.39, 0.29) is 0 Å². The molecule has 1 N–H and O–H groups in total. The smallest absolute Gasteiger partial charge is 0.0897 e. The summed E-state index contributed by atoms with van der Waals surface area (Å²) in [5.41, 5.74) is 2.45. The van der Waals surface area contributed by atoms with E-state index in [1.807, 2.05) is 19.3 Å². The molecule has 4 heteroatoms. The molecule has 0 bridgehead atoms. The Balaban J connectivity index is 1.69. The summed E-state index contributed by atoms with van der Waals surface area (Å²) in [4.78, 5) is 8.40. The fourth-order valence-electron chi connectivity index (χ4n) is 1.49. The molecule has 0 atom stereocenters. The topological polar surface area (TPSA) is 37.8 Å². The predicted molar refractivity (Wildman–Crippen MR) is 66.5 cm³/mol. The number of nitrogens with one attached hydrogen (secondary N) is 1. The highest BCUT2D eigenvalue weighted by Crippen LogP contribution is 2.07. The van der Waals surface area contributed by atoms with Crippen molar-refractivity contribution in [2.75, 3.05) is 6.54 Å². The summed E-state index contributed by atoms with van der Waals surface area (Å²) in [7, 11) is 0. The average molecular weight is 233 g/mol. The van der Waals surface area contributed by atoms with Gasteiger partial charge in [-0.15, -0.1) is 11.3 Å². The van der Waals surface area contributed by atoms with Gasteiger partial charge >= 0.3 is 0 Å². The minimum atomic E-state index is 0.857. The van der Waals surface area contributed by atoms with Crippen LogP contribution in [0.2, 0.25) is 0 Å². The number of hydrogen-bond acceptors (Lipinski definition) is 4. The fraction of sp³-hybridized carbons (Fsp3) is 0.333. The average Bonchev–Trinajstić information content (AvgIpc) is 2.72. The summed E-state index contributed by atoms with van der Waals surface area (Å²) in [6.07, 6.45) is 4.70. The molecule has 84 valence electrons. The van der Waals surface area contributed by atoms with Crippen LogP contribution < -0.4 is 5.32 Å². The van der Waals surface area contributed by atoms with Crippen molar-refractivity contribution >= 4 is 11.3 Å². The second kappa shape index (κ2) is 5.72. The third-order valence-electron chi connectivity index (χ3n) is 2.31. The maximum Gasteiger partial charge on any atom is 0.0897 e. The molecule has 2 rings (SSSR count). The van der Waals surface area contributed by atoms with Gasteiger partial charge in [0.15, 0.2) is 0 Å². The molecule has 0 aliphatic carbocycles. The normalized spacial score (nSPS) is 10.6. The van der Waals surface area contributed by atoms with E-state index in [2.05, 4.69) is 32.8 Å². The summed E-state index contributed by atoms with van der Waals surface area (Å²) in [6.45, 7) is 3.86. The first-order valence-corrected chi connectivity index (χ1v) is 6.23. The Morgan fingerprint density at radius 1 is 1.31 bits per heavy atom. The van der Waals surface area contributed by atoms with Gasteiger partial charge in [0, 0.05) is 24.3 Å². The number of aromatic nitrogens is 2. The molecule has 0 aliphatic heterocycles. The van der Waals surface area contributed by atoms with E-state index < -0.39 is 0 Å². The second-order valence-electron chi connectivity index (χ2n) is 3.64. The summed E-state index contributed by atoms with van der Waals surface area (Å²) < 4.78 is 0. The Labute approximate surface area is 99.6 Å². The SMILES string of the molecule is Cc1nc(CNCCc2ccncc2)cs1. The molecule has 2 aromatic rings. The monoisotopic (exact) mass is 233 g/mol. The van der Waals surface area contributed by atoms with Crippen LogP contribution in [0.4, 0.5) is 0 Å². The highest BCUT2D eigenvalue weighted by molar-refractivity contribution is 7.09. The van der Waals surface area contributed by atoms with Gasteiger partial charge in [-0.05, 0) is 37.6 Å². The first-order chi connectivity index (χ1) is 7.84. The fourth-order valence-corrected chi connectivity index (χ4v) is 2.10. The first kappa shape index (κ1) is 11.2. The minimum absolute atomic E-state index is 0.857. The van der Waals surface area contributed by atoms with Gasteiger partial charge in [0.1, 0.15) is 0 Å². The zero-order valence-corrected chi connectivity index (χ0v) is 10.1. The molecule has 0 fully saturated rings.